The minimum Gasteiger partial charge on any atom is -0.395 e. The number of likely N-dealkylation sites (tertiary alicyclic amines) is 1. The molecule has 1 aromatic heterocycles. The van der Waals surface area contributed by atoms with Crippen LogP contribution in [0.25, 0.3) is 0 Å². The molecule has 2 fully saturated rings. The maximum atomic E-state index is 9.00. The summed E-state index contributed by atoms with van der Waals surface area (Å²) in [4.78, 5) is 15.0. The lowest BCUT2D eigenvalue weighted by atomic mass is 10.0. The van der Waals surface area contributed by atoms with Gasteiger partial charge < -0.3 is 10.1 Å². The van der Waals surface area contributed by atoms with Crippen molar-refractivity contribution < 1.29 is 5.11 Å². The van der Waals surface area contributed by atoms with Gasteiger partial charge in [0, 0.05) is 64.2 Å². The Labute approximate surface area is 126 Å². The Morgan fingerprint density at radius 1 is 1.10 bits per heavy atom. The van der Waals surface area contributed by atoms with E-state index in [1.807, 2.05) is 12.4 Å². The van der Waals surface area contributed by atoms with E-state index < -0.39 is 0 Å². The van der Waals surface area contributed by atoms with E-state index in [1.54, 1.807) is 0 Å². The van der Waals surface area contributed by atoms with Gasteiger partial charge in [-0.2, -0.15) is 0 Å². The number of aliphatic hydroxyl groups excluding tert-OH is 1. The third-order valence-corrected chi connectivity index (χ3v) is 4.82. The Hall–Kier alpha value is -0.950. The molecular formula is C15H27N5O. The van der Waals surface area contributed by atoms with Gasteiger partial charge in [0.15, 0.2) is 0 Å². The van der Waals surface area contributed by atoms with Crippen LogP contribution in [0, 0.1) is 0 Å². The van der Waals surface area contributed by atoms with Gasteiger partial charge >= 0.3 is 0 Å². The minimum atomic E-state index is 0.283. The summed E-state index contributed by atoms with van der Waals surface area (Å²) in [6.07, 6.45) is 6.25. The third kappa shape index (κ3) is 4.03. The molecule has 2 N–H and O–H groups in total. The van der Waals surface area contributed by atoms with E-state index in [2.05, 4.69) is 24.7 Å². The summed E-state index contributed by atoms with van der Waals surface area (Å²) < 4.78 is 0. The molecule has 6 heteroatoms. The fourth-order valence-electron chi connectivity index (χ4n) is 3.53. The molecule has 3 rings (SSSR count). The van der Waals surface area contributed by atoms with E-state index in [4.69, 9.17) is 5.11 Å². The quantitative estimate of drug-likeness (QED) is 0.799. The van der Waals surface area contributed by atoms with Crippen molar-refractivity contribution in [3.8, 4) is 0 Å². The Balaban J connectivity index is 1.40. The molecular weight excluding hydrogens is 266 g/mol. The first-order valence-electron chi connectivity index (χ1n) is 8.13. The molecule has 2 aliphatic rings. The number of β-amino-alcohol motifs (C(OH)–C–C–N with tert-alkyl or cyclic N) is 1. The van der Waals surface area contributed by atoms with Gasteiger partial charge in [0.05, 0.1) is 13.2 Å². The van der Waals surface area contributed by atoms with Crippen LogP contribution in [-0.4, -0.2) is 88.2 Å². The van der Waals surface area contributed by atoms with Crippen molar-refractivity contribution in [1.29, 1.82) is 0 Å². The fourth-order valence-corrected chi connectivity index (χ4v) is 3.53. The van der Waals surface area contributed by atoms with Gasteiger partial charge in [-0.25, -0.2) is 4.98 Å². The normalized spacial score (nSPS) is 23.7. The van der Waals surface area contributed by atoms with Crippen LogP contribution in [0.5, 0.6) is 0 Å². The number of piperidine rings is 1. The standard InChI is InChI=1S/C15H27N5O/c21-12-11-18-7-9-20(10-8-18)14-1-5-19(6-2-14)13-15-16-3-4-17-15/h3-4,14,21H,1-2,5-13H2,(H,16,17). The molecule has 0 unspecified atom stereocenters. The molecule has 0 spiro atoms. The highest BCUT2D eigenvalue weighted by molar-refractivity contribution is 4.89. The summed E-state index contributed by atoms with van der Waals surface area (Å²) >= 11 is 0. The van der Waals surface area contributed by atoms with Crippen molar-refractivity contribution in [3.05, 3.63) is 18.2 Å². The van der Waals surface area contributed by atoms with E-state index >= 15 is 0 Å². The number of piperazine rings is 1. The largest absolute Gasteiger partial charge is 0.395 e. The topological polar surface area (TPSA) is 58.6 Å². The van der Waals surface area contributed by atoms with Gasteiger partial charge in [0.2, 0.25) is 0 Å². The average Bonchev–Trinajstić information content (AvgIpc) is 3.02. The van der Waals surface area contributed by atoms with Gasteiger partial charge in [-0.05, 0) is 12.8 Å². The molecule has 118 valence electrons. The number of rotatable bonds is 5. The Kier molecular flexibility index (Phi) is 5.24. The molecule has 0 aromatic carbocycles. The molecule has 6 nitrogen and oxygen atoms in total. The zero-order valence-electron chi connectivity index (χ0n) is 12.7. The van der Waals surface area contributed by atoms with Crippen molar-refractivity contribution in [3.63, 3.8) is 0 Å². The number of aliphatic hydroxyl groups is 1. The molecule has 2 saturated heterocycles. The first kappa shape index (κ1) is 15.0. The Morgan fingerprint density at radius 2 is 1.86 bits per heavy atom. The maximum absolute atomic E-state index is 9.00. The van der Waals surface area contributed by atoms with Gasteiger partial charge in [-0.3, -0.25) is 14.7 Å². The molecule has 0 amide bonds. The van der Waals surface area contributed by atoms with E-state index in [0.29, 0.717) is 0 Å². The highest BCUT2D eigenvalue weighted by atomic mass is 16.3. The highest BCUT2D eigenvalue weighted by Crippen LogP contribution is 2.19. The molecule has 0 radical (unpaired) electrons. The second-order valence-corrected chi connectivity index (χ2v) is 6.14. The predicted octanol–water partition coefficient (Wildman–Crippen LogP) is -0.0160. The molecule has 1 aromatic rings. The van der Waals surface area contributed by atoms with Crippen LogP contribution in [0.3, 0.4) is 0 Å². The number of nitrogens with one attached hydrogen (secondary N) is 1. The summed E-state index contributed by atoms with van der Waals surface area (Å²) in [5, 5.41) is 9.00. The van der Waals surface area contributed by atoms with E-state index in [1.165, 1.54) is 25.9 Å². The second-order valence-electron chi connectivity index (χ2n) is 6.14. The molecule has 3 heterocycles. The summed E-state index contributed by atoms with van der Waals surface area (Å²) in [6.45, 7) is 8.92. The van der Waals surface area contributed by atoms with Gasteiger partial charge in [-0.1, -0.05) is 0 Å². The minimum absolute atomic E-state index is 0.283. The second kappa shape index (κ2) is 7.35. The molecule has 0 bridgehead atoms. The molecule has 0 saturated carbocycles. The predicted molar refractivity (Wildman–Crippen MR) is 82.0 cm³/mol. The van der Waals surface area contributed by atoms with Crippen molar-refractivity contribution in [2.45, 2.75) is 25.4 Å². The van der Waals surface area contributed by atoms with Gasteiger partial charge in [-0.15, -0.1) is 0 Å². The van der Waals surface area contributed by atoms with Gasteiger partial charge in [0.25, 0.3) is 0 Å². The highest BCUT2D eigenvalue weighted by Gasteiger charge is 2.27. The van der Waals surface area contributed by atoms with E-state index in [-0.39, 0.29) is 6.61 Å². The molecule has 0 aliphatic carbocycles. The number of aromatic nitrogens is 2. The lowest BCUT2D eigenvalue weighted by Crippen LogP contribution is -2.53. The first-order valence-corrected chi connectivity index (χ1v) is 8.13. The number of hydrogen-bond acceptors (Lipinski definition) is 5. The van der Waals surface area contributed by atoms with Crippen molar-refractivity contribution in [2.75, 3.05) is 52.4 Å². The lowest BCUT2D eigenvalue weighted by Gasteiger charge is -2.42. The SMILES string of the molecule is OCCN1CCN(C2CCN(Cc3ncc[nH]3)CC2)CC1. The number of H-pyrrole nitrogens is 1. The summed E-state index contributed by atoms with van der Waals surface area (Å²) in [5.41, 5.74) is 0. The van der Waals surface area contributed by atoms with Crippen molar-refractivity contribution in [2.24, 2.45) is 0 Å². The van der Waals surface area contributed by atoms with Crippen LogP contribution in [-0.2, 0) is 6.54 Å². The van der Waals surface area contributed by atoms with Crippen LogP contribution in [0.4, 0.5) is 0 Å². The number of hydrogen-bond donors (Lipinski definition) is 2. The monoisotopic (exact) mass is 293 g/mol. The average molecular weight is 293 g/mol. The Morgan fingerprint density at radius 3 is 2.48 bits per heavy atom. The molecule has 2 aliphatic heterocycles. The molecule has 21 heavy (non-hydrogen) atoms. The van der Waals surface area contributed by atoms with Crippen LogP contribution < -0.4 is 0 Å². The summed E-state index contributed by atoms with van der Waals surface area (Å²) in [6, 6.07) is 0.745. The number of aromatic amines is 1. The van der Waals surface area contributed by atoms with Crippen LogP contribution >= 0.6 is 0 Å². The lowest BCUT2D eigenvalue weighted by molar-refractivity contribution is 0.0512. The smallest absolute Gasteiger partial charge is 0.120 e. The van der Waals surface area contributed by atoms with Crippen molar-refractivity contribution >= 4 is 0 Å². The summed E-state index contributed by atoms with van der Waals surface area (Å²) in [5.74, 6) is 1.08. The summed E-state index contributed by atoms with van der Waals surface area (Å²) in [7, 11) is 0. The van der Waals surface area contributed by atoms with E-state index in [9.17, 15) is 0 Å². The van der Waals surface area contributed by atoms with Crippen LogP contribution in [0.1, 0.15) is 18.7 Å². The fraction of sp³-hybridized carbons (Fsp3) is 0.800. The van der Waals surface area contributed by atoms with Crippen LogP contribution in [0.15, 0.2) is 12.4 Å². The van der Waals surface area contributed by atoms with E-state index in [0.717, 1.165) is 51.1 Å². The first-order chi connectivity index (χ1) is 10.3. The zero-order valence-corrected chi connectivity index (χ0v) is 12.7. The van der Waals surface area contributed by atoms with Crippen LogP contribution in [0.2, 0.25) is 0 Å². The molecule has 0 atom stereocenters. The third-order valence-electron chi connectivity index (χ3n) is 4.82. The van der Waals surface area contributed by atoms with Crippen molar-refractivity contribution in [1.82, 2.24) is 24.7 Å². The number of nitrogens with zero attached hydrogens (tertiary/aromatic N) is 4. The Bertz CT molecular complexity index is 394. The number of imidazole rings is 1. The maximum Gasteiger partial charge on any atom is 0.120 e. The zero-order chi connectivity index (χ0) is 14.5. The van der Waals surface area contributed by atoms with Gasteiger partial charge in [0.1, 0.15) is 5.82 Å².